The molecular formula is C15H33N3. The largest absolute Gasteiger partial charge is 0.329 e. The molecule has 0 aromatic heterocycles. The molecule has 0 aromatic carbocycles. The highest BCUT2D eigenvalue weighted by atomic mass is 15.3. The maximum Gasteiger partial charge on any atom is 0.0307 e. The molecule has 3 heteroatoms. The lowest BCUT2D eigenvalue weighted by Crippen LogP contribution is -2.56. The van der Waals surface area contributed by atoms with Gasteiger partial charge in [0.25, 0.3) is 0 Å². The smallest absolute Gasteiger partial charge is 0.0307 e. The second-order valence-corrected chi connectivity index (χ2v) is 6.79. The Hall–Kier alpha value is -0.120. The summed E-state index contributed by atoms with van der Waals surface area (Å²) in [5.74, 6) is 0.765. The van der Waals surface area contributed by atoms with Gasteiger partial charge in [-0.1, -0.05) is 13.8 Å². The molecule has 0 aromatic rings. The standard InChI is InChI=1S/C15H33N3/c1-13(2)7-8-15(4,12-16)18-10-6-9-17(5)11-14(18)3/h13-14H,6-12,16H2,1-5H3. The van der Waals surface area contributed by atoms with E-state index >= 15 is 0 Å². The van der Waals surface area contributed by atoms with Crippen molar-refractivity contribution in [3.8, 4) is 0 Å². The molecule has 0 saturated carbocycles. The average molecular weight is 255 g/mol. The molecule has 0 aliphatic carbocycles. The Morgan fingerprint density at radius 2 is 2.00 bits per heavy atom. The average Bonchev–Trinajstić information content (AvgIpc) is 2.47. The minimum atomic E-state index is 0.175. The van der Waals surface area contributed by atoms with Crippen LogP contribution < -0.4 is 5.73 Å². The summed E-state index contributed by atoms with van der Waals surface area (Å²) in [7, 11) is 2.23. The Labute approximate surface area is 114 Å². The van der Waals surface area contributed by atoms with Gasteiger partial charge in [-0.05, 0) is 52.6 Å². The van der Waals surface area contributed by atoms with Crippen molar-refractivity contribution in [1.29, 1.82) is 0 Å². The molecule has 2 unspecified atom stereocenters. The van der Waals surface area contributed by atoms with Gasteiger partial charge in [-0.15, -0.1) is 0 Å². The highest BCUT2D eigenvalue weighted by molar-refractivity contribution is 4.92. The molecule has 1 aliphatic heterocycles. The zero-order valence-electron chi connectivity index (χ0n) is 13.1. The summed E-state index contributed by atoms with van der Waals surface area (Å²) in [6.07, 6.45) is 3.75. The number of likely N-dealkylation sites (N-methyl/N-ethyl adjacent to an activating group) is 1. The van der Waals surface area contributed by atoms with Gasteiger partial charge < -0.3 is 10.6 Å². The van der Waals surface area contributed by atoms with Crippen LogP contribution in [0.25, 0.3) is 0 Å². The van der Waals surface area contributed by atoms with Crippen molar-refractivity contribution in [3.05, 3.63) is 0 Å². The van der Waals surface area contributed by atoms with Crippen LogP contribution in [0.3, 0.4) is 0 Å². The van der Waals surface area contributed by atoms with E-state index < -0.39 is 0 Å². The summed E-state index contributed by atoms with van der Waals surface area (Å²) in [4.78, 5) is 5.11. The number of rotatable bonds is 5. The van der Waals surface area contributed by atoms with E-state index in [0.29, 0.717) is 6.04 Å². The maximum absolute atomic E-state index is 6.12. The van der Waals surface area contributed by atoms with E-state index in [1.807, 2.05) is 0 Å². The molecule has 0 spiro atoms. The molecule has 1 fully saturated rings. The first-order valence-corrected chi connectivity index (χ1v) is 7.54. The lowest BCUT2D eigenvalue weighted by molar-refractivity contribution is 0.0591. The molecular weight excluding hydrogens is 222 g/mol. The van der Waals surface area contributed by atoms with Crippen molar-refractivity contribution in [1.82, 2.24) is 9.80 Å². The Bertz CT molecular complexity index is 242. The van der Waals surface area contributed by atoms with Gasteiger partial charge in [-0.3, -0.25) is 4.90 Å². The van der Waals surface area contributed by atoms with Crippen LogP contribution in [0, 0.1) is 5.92 Å². The van der Waals surface area contributed by atoms with E-state index in [2.05, 4.69) is 44.5 Å². The van der Waals surface area contributed by atoms with Crippen molar-refractivity contribution < 1.29 is 0 Å². The van der Waals surface area contributed by atoms with Gasteiger partial charge in [-0.2, -0.15) is 0 Å². The van der Waals surface area contributed by atoms with Crippen LogP contribution in [-0.2, 0) is 0 Å². The summed E-state index contributed by atoms with van der Waals surface area (Å²) >= 11 is 0. The Balaban J connectivity index is 2.71. The van der Waals surface area contributed by atoms with E-state index in [-0.39, 0.29) is 5.54 Å². The van der Waals surface area contributed by atoms with Crippen LogP contribution in [0.1, 0.15) is 47.0 Å². The molecule has 0 bridgehead atoms. The molecule has 108 valence electrons. The molecule has 1 rings (SSSR count). The Morgan fingerprint density at radius 1 is 1.33 bits per heavy atom. The molecule has 0 radical (unpaired) electrons. The highest BCUT2D eigenvalue weighted by Crippen LogP contribution is 2.26. The van der Waals surface area contributed by atoms with E-state index in [0.717, 1.165) is 19.0 Å². The zero-order valence-corrected chi connectivity index (χ0v) is 13.1. The molecule has 18 heavy (non-hydrogen) atoms. The molecule has 1 aliphatic rings. The Kier molecular flexibility index (Phi) is 6.09. The first-order valence-electron chi connectivity index (χ1n) is 7.54. The van der Waals surface area contributed by atoms with Gasteiger partial charge in [0.1, 0.15) is 0 Å². The van der Waals surface area contributed by atoms with Crippen LogP contribution in [0.15, 0.2) is 0 Å². The summed E-state index contributed by atoms with van der Waals surface area (Å²) < 4.78 is 0. The number of nitrogens with zero attached hydrogens (tertiary/aromatic N) is 2. The number of hydrogen-bond acceptors (Lipinski definition) is 3. The molecule has 2 atom stereocenters. The fourth-order valence-corrected chi connectivity index (χ4v) is 3.14. The molecule has 2 N–H and O–H groups in total. The number of hydrogen-bond donors (Lipinski definition) is 1. The van der Waals surface area contributed by atoms with Crippen LogP contribution in [-0.4, -0.2) is 54.6 Å². The summed E-state index contributed by atoms with van der Waals surface area (Å²) in [6, 6.07) is 0.609. The van der Waals surface area contributed by atoms with Crippen LogP contribution in [0.2, 0.25) is 0 Å². The van der Waals surface area contributed by atoms with E-state index in [1.165, 1.54) is 32.4 Å². The quantitative estimate of drug-likeness (QED) is 0.817. The van der Waals surface area contributed by atoms with Gasteiger partial charge >= 0.3 is 0 Å². The predicted octanol–water partition coefficient (Wildman–Crippen LogP) is 2.17. The van der Waals surface area contributed by atoms with Gasteiger partial charge in [-0.25, -0.2) is 0 Å². The van der Waals surface area contributed by atoms with Crippen molar-refractivity contribution in [2.45, 2.75) is 58.5 Å². The fourth-order valence-electron chi connectivity index (χ4n) is 3.14. The van der Waals surface area contributed by atoms with E-state index in [9.17, 15) is 0 Å². The van der Waals surface area contributed by atoms with Crippen LogP contribution in [0.4, 0.5) is 0 Å². The minimum absolute atomic E-state index is 0.175. The normalized spacial score (nSPS) is 27.2. The fraction of sp³-hybridized carbons (Fsp3) is 1.00. The van der Waals surface area contributed by atoms with Gasteiger partial charge in [0.15, 0.2) is 0 Å². The molecule has 0 amide bonds. The van der Waals surface area contributed by atoms with E-state index in [4.69, 9.17) is 5.73 Å². The van der Waals surface area contributed by atoms with Gasteiger partial charge in [0.2, 0.25) is 0 Å². The van der Waals surface area contributed by atoms with Crippen molar-refractivity contribution in [2.75, 3.05) is 33.2 Å². The third kappa shape index (κ3) is 4.22. The zero-order chi connectivity index (χ0) is 13.8. The molecule has 3 nitrogen and oxygen atoms in total. The second kappa shape index (κ2) is 6.88. The predicted molar refractivity (Wildman–Crippen MR) is 79.8 cm³/mol. The van der Waals surface area contributed by atoms with Gasteiger partial charge in [0, 0.05) is 31.2 Å². The lowest BCUT2D eigenvalue weighted by atomic mass is 9.89. The van der Waals surface area contributed by atoms with Crippen molar-refractivity contribution >= 4 is 0 Å². The monoisotopic (exact) mass is 255 g/mol. The lowest BCUT2D eigenvalue weighted by Gasteiger charge is -2.44. The third-order valence-electron chi connectivity index (χ3n) is 4.44. The summed E-state index contributed by atoms with van der Waals surface area (Å²) in [5, 5.41) is 0. The number of nitrogens with two attached hydrogens (primary N) is 1. The molecule has 1 heterocycles. The maximum atomic E-state index is 6.12. The first kappa shape index (κ1) is 15.9. The summed E-state index contributed by atoms with van der Waals surface area (Å²) in [5.41, 5.74) is 6.29. The Morgan fingerprint density at radius 3 is 2.56 bits per heavy atom. The molecule has 1 saturated heterocycles. The van der Waals surface area contributed by atoms with Gasteiger partial charge in [0.05, 0.1) is 0 Å². The first-order chi connectivity index (χ1) is 8.39. The van der Waals surface area contributed by atoms with Crippen LogP contribution >= 0.6 is 0 Å². The van der Waals surface area contributed by atoms with E-state index in [1.54, 1.807) is 0 Å². The van der Waals surface area contributed by atoms with Crippen molar-refractivity contribution in [2.24, 2.45) is 11.7 Å². The topological polar surface area (TPSA) is 32.5 Å². The summed E-state index contributed by atoms with van der Waals surface area (Å²) in [6.45, 7) is 13.7. The van der Waals surface area contributed by atoms with Crippen molar-refractivity contribution in [3.63, 3.8) is 0 Å². The second-order valence-electron chi connectivity index (χ2n) is 6.79. The van der Waals surface area contributed by atoms with Crippen LogP contribution in [0.5, 0.6) is 0 Å². The highest BCUT2D eigenvalue weighted by Gasteiger charge is 2.34. The minimum Gasteiger partial charge on any atom is -0.329 e. The SMILES string of the molecule is CC(C)CCC(C)(CN)N1CCCN(C)CC1C. The third-order valence-corrected chi connectivity index (χ3v) is 4.44.